The highest BCUT2D eigenvalue weighted by molar-refractivity contribution is 5.74. The molecule has 2 bridgehead atoms. The summed E-state index contributed by atoms with van der Waals surface area (Å²) in [6, 6.07) is 0. The van der Waals surface area contributed by atoms with Gasteiger partial charge in [0.1, 0.15) is 5.60 Å². The third-order valence-electron chi connectivity index (χ3n) is 3.24. The molecule has 0 radical (unpaired) electrons. The maximum absolute atomic E-state index is 11.8. The van der Waals surface area contributed by atoms with Crippen molar-refractivity contribution in [3.63, 3.8) is 0 Å². The Morgan fingerprint density at radius 1 is 1.36 bits per heavy atom. The van der Waals surface area contributed by atoms with Crippen molar-refractivity contribution >= 4 is 5.97 Å². The van der Waals surface area contributed by atoms with Gasteiger partial charge in [0.2, 0.25) is 0 Å². The highest BCUT2D eigenvalue weighted by Gasteiger charge is 2.56. The van der Waals surface area contributed by atoms with Crippen molar-refractivity contribution in [3.05, 3.63) is 0 Å². The van der Waals surface area contributed by atoms with Gasteiger partial charge in [0.05, 0.1) is 5.92 Å². The average molecular weight is 197 g/mol. The summed E-state index contributed by atoms with van der Waals surface area (Å²) in [6.07, 6.45) is 2.85. The zero-order valence-electron chi connectivity index (χ0n) is 9.17. The Kier molecular flexibility index (Phi) is 1.94. The van der Waals surface area contributed by atoms with E-state index in [9.17, 15) is 4.79 Å². The Balaban J connectivity index is 1.95. The minimum absolute atomic E-state index is 0.0355. The van der Waals surface area contributed by atoms with E-state index in [2.05, 4.69) is 0 Å². The quantitative estimate of drug-likeness (QED) is 0.647. The molecule has 3 heteroatoms. The average Bonchev–Trinajstić information content (AvgIpc) is 2.36. The van der Waals surface area contributed by atoms with Crippen molar-refractivity contribution in [2.75, 3.05) is 0 Å². The van der Waals surface area contributed by atoms with Gasteiger partial charge < -0.3 is 10.5 Å². The fourth-order valence-corrected chi connectivity index (χ4v) is 2.69. The molecule has 3 fully saturated rings. The minimum Gasteiger partial charge on any atom is -0.460 e. The van der Waals surface area contributed by atoms with Crippen LogP contribution in [-0.4, -0.2) is 17.1 Å². The van der Waals surface area contributed by atoms with Crippen molar-refractivity contribution in [2.24, 2.45) is 17.6 Å². The lowest BCUT2D eigenvalue weighted by molar-refractivity contribution is -0.160. The van der Waals surface area contributed by atoms with Gasteiger partial charge in [0.25, 0.3) is 0 Å². The number of esters is 1. The Labute approximate surface area is 85.0 Å². The molecule has 2 N–H and O–H groups in total. The standard InChI is InChI=1S/C11H19NO2/c1-10(2,3)14-9(13)8-6-11(12)4-7(8)5-11/h7-8H,4-6,12H2,1-3H3. The van der Waals surface area contributed by atoms with Crippen molar-refractivity contribution in [3.8, 4) is 0 Å². The van der Waals surface area contributed by atoms with Gasteiger partial charge in [-0.3, -0.25) is 4.79 Å². The summed E-state index contributed by atoms with van der Waals surface area (Å²) in [5, 5.41) is 0. The van der Waals surface area contributed by atoms with Crippen LogP contribution in [0.4, 0.5) is 0 Å². The van der Waals surface area contributed by atoms with Gasteiger partial charge in [-0.25, -0.2) is 0 Å². The van der Waals surface area contributed by atoms with Crippen molar-refractivity contribution in [1.29, 1.82) is 0 Å². The lowest BCUT2D eigenvalue weighted by Crippen LogP contribution is -2.44. The van der Waals surface area contributed by atoms with Crippen LogP contribution in [0.15, 0.2) is 0 Å². The molecule has 0 aromatic carbocycles. The predicted octanol–water partition coefficient (Wildman–Crippen LogP) is 1.46. The van der Waals surface area contributed by atoms with Crippen molar-refractivity contribution in [1.82, 2.24) is 0 Å². The predicted molar refractivity (Wildman–Crippen MR) is 53.6 cm³/mol. The summed E-state index contributed by atoms with van der Waals surface area (Å²) in [5.74, 6) is 0.515. The lowest BCUT2D eigenvalue weighted by Gasteiger charge is -2.34. The zero-order chi connectivity index (χ0) is 10.6. The molecule has 0 aromatic heterocycles. The van der Waals surface area contributed by atoms with Crippen LogP contribution in [0.5, 0.6) is 0 Å². The summed E-state index contributed by atoms with van der Waals surface area (Å²) in [4.78, 5) is 11.8. The second-order valence-corrected chi connectivity index (χ2v) is 5.87. The number of carbonyl (C=O) groups excluding carboxylic acids is 1. The van der Waals surface area contributed by atoms with Gasteiger partial charge in [-0.05, 0) is 46.0 Å². The SMILES string of the molecule is CC(C)(C)OC(=O)C1CC2(N)CC1C2. The van der Waals surface area contributed by atoms with Gasteiger partial charge in [-0.1, -0.05) is 0 Å². The lowest BCUT2D eigenvalue weighted by atomic mass is 9.77. The fourth-order valence-electron chi connectivity index (χ4n) is 2.69. The van der Waals surface area contributed by atoms with Crippen LogP contribution < -0.4 is 5.73 Å². The Morgan fingerprint density at radius 3 is 2.29 bits per heavy atom. The highest BCUT2D eigenvalue weighted by Crippen LogP contribution is 2.54. The molecule has 3 aliphatic rings. The molecule has 14 heavy (non-hydrogen) atoms. The molecule has 0 heterocycles. The first-order chi connectivity index (χ1) is 6.29. The largest absolute Gasteiger partial charge is 0.460 e. The second kappa shape index (κ2) is 2.72. The topological polar surface area (TPSA) is 52.3 Å². The van der Waals surface area contributed by atoms with Gasteiger partial charge in [-0.15, -0.1) is 0 Å². The summed E-state index contributed by atoms with van der Waals surface area (Å²) in [6.45, 7) is 5.72. The molecule has 1 atom stereocenters. The van der Waals surface area contributed by atoms with Crippen LogP contribution >= 0.6 is 0 Å². The van der Waals surface area contributed by atoms with Crippen LogP contribution in [0.1, 0.15) is 40.0 Å². The van der Waals surface area contributed by atoms with E-state index < -0.39 is 0 Å². The molecule has 80 valence electrons. The third-order valence-corrected chi connectivity index (χ3v) is 3.24. The third kappa shape index (κ3) is 1.65. The summed E-state index contributed by atoms with van der Waals surface area (Å²) >= 11 is 0. The maximum Gasteiger partial charge on any atom is 0.309 e. The number of nitrogens with two attached hydrogens (primary N) is 1. The number of hydrogen-bond donors (Lipinski definition) is 1. The van der Waals surface area contributed by atoms with E-state index in [1.54, 1.807) is 0 Å². The number of rotatable bonds is 1. The van der Waals surface area contributed by atoms with Gasteiger partial charge >= 0.3 is 5.97 Å². The van der Waals surface area contributed by atoms with Gasteiger partial charge in [0.15, 0.2) is 0 Å². The van der Waals surface area contributed by atoms with E-state index in [0.717, 1.165) is 19.3 Å². The molecule has 0 aromatic rings. The van der Waals surface area contributed by atoms with E-state index in [4.69, 9.17) is 10.5 Å². The highest BCUT2D eigenvalue weighted by atomic mass is 16.6. The van der Waals surface area contributed by atoms with Crippen molar-refractivity contribution in [2.45, 2.75) is 51.2 Å². The molecule has 0 saturated heterocycles. The molecule has 3 nitrogen and oxygen atoms in total. The monoisotopic (exact) mass is 197 g/mol. The first-order valence-corrected chi connectivity index (χ1v) is 5.31. The van der Waals surface area contributed by atoms with E-state index in [-0.39, 0.29) is 23.0 Å². The number of fused-ring (bicyclic) bond motifs is 1. The first-order valence-electron chi connectivity index (χ1n) is 5.31. The normalized spacial score (nSPS) is 40.6. The van der Waals surface area contributed by atoms with Crippen LogP contribution in [0.3, 0.4) is 0 Å². The molecular formula is C11H19NO2. The van der Waals surface area contributed by atoms with E-state index in [1.165, 1.54) is 0 Å². The molecule has 1 unspecified atom stereocenters. The Bertz CT molecular complexity index is 261. The molecule has 0 amide bonds. The van der Waals surface area contributed by atoms with Crippen LogP contribution in [-0.2, 0) is 9.53 Å². The van der Waals surface area contributed by atoms with Crippen LogP contribution in [0, 0.1) is 11.8 Å². The van der Waals surface area contributed by atoms with Crippen LogP contribution in [0.2, 0.25) is 0 Å². The Morgan fingerprint density at radius 2 is 1.93 bits per heavy atom. The van der Waals surface area contributed by atoms with E-state index in [0.29, 0.717) is 5.92 Å². The number of ether oxygens (including phenoxy) is 1. The Hall–Kier alpha value is -0.570. The summed E-state index contributed by atoms with van der Waals surface area (Å²) in [7, 11) is 0. The molecular weight excluding hydrogens is 178 g/mol. The van der Waals surface area contributed by atoms with Crippen molar-refractivity contribution < 1.29 is 9.53 Å². The second-order valence-electron chi connectivity index (χ2n) is 5.87. The molecule has 0 spiro atoms. The fraction of sp³-hybridized carbons (Fsp3) is 0.909. The van der Waals surface area contributed by atoms with E-state index in [1.807, 2.05) is 20.8 Å². The molecule has 3 aliphatic carbocycles. The summed E-state index contributed by atoms with van der Waals surface area (Å²) < 4.78 is 5.37. The zero-order valence-corrected chi connectivity index (χ0v) is 9.17. The van der Waals surface area contributed by atoms with Crippen LogP contribution in [0.25, 0.3) is 0 Å². The maximum atomic E-state index is 11.8. The van der Waals surface area contributed by atoms with Gasteiger partial charge in [-0.2, -0.15) is 0 Å². The van der Waals surface area contributed by atoms with Gasteiger partial charge in [0, 0.05) is 5.54 Å². The number of hydrogen-bond acceptors (Lipinski definition) is 3. The molecule has 3 rings (SSSR count). The van der Waals surface area contributed by atoms with E-state index >= 15 is 0 Å². The first kappa shape index (κ1) is 9.97. The number of carbonyl (C=O) groups is 1. The minimum atomic E-state index is -0.369. The smallest absolute Gasteiger partial charge is 0.309 e. The molecule has 3 saturated carbocycles. The molecule has 0 aliphatic heterocycles. The summed E-state index contributed by atoms with van der Waals surface area (Å²) in [5.41, 5.74) is 5.62.